The number of esters is 1. The summed E-state index contributed by atoms with van der Waals surface area (Å²) in [5, 5.41) is 13.9. The molecule has 0 saturated heterocycles. The number of carboxylic acids is 1. The molecule has 2 aromatic heterocycles. The number of ether oxygens (including phenoxy) is 1. The maximum Gasteiger partial charge on any atom is 0.354 e. The molecule has 4 aromatic rings. The number of amides is 2. The van der Waals surface area contributed by atoms with Crippen molar-refractivity contribution in [3.8, 4) is 0 Å². The highest BCUT2D eigenvalue weighted by atomic mass is 19.1. The number of aryl methyl sites for hydroxylation is 1. The number of carbonyl (C=O) groups is 4. The molecule has 4 rings (SSSR count). The van der Waals surface area contributed by atoms with Gasteiger partial charge in [-0.3, -0.25) is 19.5 Å². The molecule has 0 aliphatic carbocycles. The molecule has 0 fully saturated rings. The van der Waals surface area contributed by atoms with Crippen LogP contribution in [-0.4, -0.2) is 50.6 Å². The first-order chi connectivity index (χ1) is 18.9. The van der Waals surface area contributed by atoms with Crippen molar-refractivity contribution >= 4 is 29.4 Å². The van der Waals surface area contributed by atoms with Crippen molar-refractivity contribution in [3.05, 3.63) is 104 Å². The lowest BCUT2D eigenvalue weighted by molar-refractivity contribution is -0.120. The Balaban J connectivity index is 0.000000452. The van der Waals surface area contributed by atoms with Crippen LogP contribution < -0.4 is 22.3 Å². The number of hydrogen-bond donors (Lipinski definition) is 5. The minimum absolute atomic E-state index is 0. The Labute approximate surface area is 232 Å². The van der Waals surface area contributed by atoms with Crippen molar-refractivity contribution in [2.24, 2.45) is 11.5 Å². The van der Waals surface area contributed by atoms with Crippen LogP contribution in [0.15, 0.2) is 59.4 Å². The number of primary amides is 1. The van der Waals surface area contributed by atoms with E-state index in [0.29, 0.717) is 12.1 Å². The number of halogens is 1. The first-order valence-corrected chi connectivity index (χ1v) is 11.5. The van der Waals surface area contributed by atoms with E-state index in [-0.39, 0.29) is 35.7 Å². The van der Waals surface area contributed by atoms with Crippen molar-refractivity contribution in [3.63, 3.8) is 0 Å². The van der Waals surface area contributed by atoms with Crippen LogP contribution in [0.4, 0.5) is 4.39 Å². The second kappa shape index (κ2) is 13.6. The lowest BCUT2D eigenvalue weighted by Gasteiger charge is -2.16. The summed E-state index contributed by atoms with van der Waals surface area (Å²) < 4.78 is 18.1. The Kier molecular flexibility index (Phi) is 10.6. The Hall–Kier alpha value is -5.37. The zero-order chi connectivity index (χ0) is 29.6. The number of nitrogens with two attached hydrogens (primary N) is 2. The molecule has 0 spiro atoms. The molecule has 1 atom stereocenters. The van der Waals surface area contributed by atoms with Crippen molar-refractivity contribution in [2.45, 2.75) is 26.9 Å². The lowest BCUT2D eigenvalue weighted by Crippen LogP contribution is -2.38. The maximum atomic E-state index is 12.6. The molecule has 0 saturated carbocycles. The van der Waals surface area contributed by atoms with Crippen LogP contribution in [0, 0.1) is 12.7 Å². The molecule has 0 aliphatic rings. The maximum absolute atomic E-state index is 12.6. The Morgan fingerprint density at radius 1 is 1.12 bits per heavy atom. The van der Waals surface area contributed by atoms with Crippen molar-refractivity contribution < 1.29 is 33.4 Å². The van der Waals surface area contributed by atoms with Crippen LogP contribution in [0.3, 0.4) is 0 Å². The average Bonchev–Trinajstić information content (AvgIpc) is 3.32. The summed E-state index contributed by atoms with van der Waals surface area (Å²) in [4.78, 5) is 62.9. The van der Waals surface area contributed by atoms with E-state index >= 15 is 0 Å². The first-order valence-electron chi connectivity index (χ1n) is 11.5. The van der Waals surface area contributed by atoms with Crippen molar-refractivity contribution in [1.82, 2.24) is 19.9 Å². The molecule has 41 heavy (non-hydrogen) atoms. The standard InChI is InChI=1S/C18H15N5O7.C8H10FN.CH4/c1-30-18(29)9-4-2-8(3-5-9)14(15(19)25)21-16(26)10-6-11(17(27)28)23-12(20-10)7-13(24)22-23;1-6-4-7(5-10)2-3-8(6)9;/h2-7,14H,1H3,(H2,19,25)(H,21,26)(H,22,24)(H,27,28);2-4H,5,10H2,1H3;1H4/t14-;;/m1../s1. The first kappa shape index (κ1) is 31.8. The van der Waals surface area contributed by atoms with E-state index in [1.165, 1.54) is 37.4 Å². The van der Waals surface area contributed by atoms with E-state index in [2.05, 4.69) is 20.1 Å². The predicted molar refractivity (Wildman–Crippen MR) is 146 cm³/mol. The fourth-order valence-electron chi connectivity index (χ4n) is 3.56. The monoisotopic (exact) mass is 568 g/mol. The van der Waals surface area contributed by atoms with Gasteiger partial charge in [-0.15, -0.1) is 0 Å². The largest absolute Gasteiger partial charge is 0.477 e. The third kappa shape index (κ3) is 7.60. The molecule has 0 unspecified atom stereocenters. The van der Waals surface area contributed by atoms with E-state index in [4.69, 9.17) is 11.5 Å². The summed E-state index contributed by atoms with van der Waals surface area (Å²) in [5.74, 6) is -3.95. The third-order valence-corrected chi connectivity index (χ3v) is 5.60. The number of fused-ring (bicyclic) bond motifs is 1. The molecule has 14 heteroatoms. The summed E-state index contributed by atoms with van der Waals surface area (Å²) >= 11 is 0. The second-order valence-corrected chi connectivity index (χ2v) is 8.36. The third-order valence-electron chi connectivity index (χ3n) is 5.60. The van der Waals surface area contributed by atoms with Crippen LogP contribution in [0.1, 0.15) is 61.5 Å². The Bertz CT molecular complexity index is 1650. The Morgan fingerprint density at radius 2 is 1.78 bits per heavy atom. The van der Waals surface area contributed by atoms with Gasteiger partial charge in [-0.25, -0.2) is 23.5 Å². The summed E-state index contributed by atoms with van der Waals surface area (Å²) in [5.41, 5.74) is 11.4. The number of aromatic amines is 1. The summed E-state index contributed by atoms with van der Waals surface area (Å²) in [6.45, 7) is 2.20. The Morgan fingerprint density at radius 3 is 2.32 bits per heavy atom. The number of aromatic carboxylic acids is 1. The normalized spacial score (nSPS) is 10.9. The molecule has 0 bridgehead atoms. The van der Waals surface area contributed by atoms with Gasteiger partial charge in [-0.05, 0) is 41.8 Å². The van der Waals surface area contributed by atoms with Crippen LogP contribution in [-0.2, 0) is 16.1 Å². The second-order valence-electron chi connectivity index (χ2n) is 8.36. The zero-order valence-corrected chi connectivity index (χ0v) is 21.3. The topological polar surface area (TPSA) is 212 Å². The fraction of sp³-hybridized carbons (Fsp3) is 0.185. The number of hydrogen-bond acceptors (Lipinski definition) is 8. The number of carboxylic acid groups (broad SMARTS) is 1. The molecule has 0 radical (unpaired) electrons. The summed E-state index contributed by atoms with van der Waals surface area (Å²) in [6.07, 6.45) is 0. The van der Waals surface area contributed by atoms with E-state index in [1.54, 1.807) is 19.1 Å². The van der Waals surface area contributed by atoms with Crippen molar-refractivity contribution in [2.75, 3.05) is 7.11 Å². The number of carbonyl (C=O) groups excluding carboxylic acids is 3. The van der Waals surface area contributed by atoms with Crippen LogP contribution in [0.5, 0.6) is 0 Å². The molecular weight excluding hydrogens is 539 g/mol. The number of rotatable bonds is 7. The van der Waals surface area contributed by atoms with Crippen molar-refractivity contribution in [1.29, 1.82) is 0 Å². The lowest BCUT2D eigenvalue weighted by atomic mass is 10.0. The van der Waals surface area contributed by atoms with Gasteiger partial charge in [0, 0.05) is 18.7 Å². The van der Waals surface area contributed by atoms with Gasteiger partial charge in [-0.1, -0.05) is 31.7 Å². The number of methoxy groups -OCH3 is 1. The van der Waals surface area contributed by atoms with Gasteiger partial charge >= 0.3 is 11.9 Å². The van der Waals surface area contributed by atoms with E-state index in [9.17, 15) is 33.5 Å². The quantitative estimate of drug-likeness (QED) is 0.205. The summed E-state index contributed by atoms with van der Waals surface area (Å²) in [7, 11) is 1.22. The van der Waals surface area contributed by atoms with Gasteiger partial charge in [0.2, 0.25) is 5.91 Å². The smallest absolute Gasteiger partial charge is 0.354 e. The predicted octanol–water partition coefficient (Wildman–Crippen LogP) is 1.69. The molecule has 2 aromatic carbocycles. The summed E-state index contributed by atoms with van der Waals surface area (Å²) in [6, 6.07) is 11.2. The molecule has 2 amide bonds. The van der Waals surface area contributed by atoms with Gasteiger partial charge in [0.25, 0.3) is 11.5 Å². The van der Waals surface area contributed by atoms with Crippen LogP contribution >= 0.6 is 0 Å². The van der Waals surface area contributed by atoms with E-state index in [1.807, 2.05) is 0 Å². The van der Waals surface area contributed by atoms with E-state index in [0.717, 1.165) is 22.2 Å². The number of nitrogens with zero attached hydrogens (tertiary/aromatic N) is 2. The molecule has 7 N–H and O–H groups in total. The number of nitrogens with one attached hydrogen (secondary N) is 2. The minimum atomic E-state index is -1.41. The van der Waals surface area contributed by atoms with Gasteiger partial charge in [0.05, 0.1) is 12.7 Å². The van der Waals surface area contributed by atoms with Crippen LogP contribution in [0.2, 0.25) is 0 Å². The number of aromatic nitrogens is 3. The molecular formula is C27H29FN6O7. The van der Waals surface area contributed by atoms with Gasteiger partial charge in [0.1, 0.15) is 17.6 Å². The number of H-pyrrole nitrogens is 1. The molecule has 2 heterocycles. The van der Waals surface area contributed by atoms with Gasteiger partial charge in [0.15, 0.2) is 11.3 Å². The highest BCUT2D eigenvalue weighted by Gasteiger charge is 2.24. The molecule has 13 nitrogen and oxygen atoms in total. The van der Waals surface area contributed by atoms with Gasteiger partial charge in [-0.2, -0.15) is 0 Å². The van der Waals surface area contributed by atoms with Gasteiger partial charge < -0.3 is 26.6 Å². The zero-order valence-electron chi connectivity index (χ0n) is 21.3. The average molecular weight is 569 g/mol. The number of benzene rings is 2. The molecule has 0 aliphatic heterocycles. The highest BCUT2D eigenvalue weighted by Crippen LogP contribution is 2.16. The minimum Gasteiger partial charge on any atom is -0.477 e. The fourth-order valence-corrected chi connectivity index (χ4v) is 3.56. The van der Waals surface area contributed by atoms with Crippen LogP contribution in [0.25, 0.3) is 5.65 Å². The SMILES string of the molecule is C.COC(=O)c1ccc([C@@H](NC(=O)c2cc(C(=O)O)n3[nH]c(=O)cc3n2)C(N)=O)cc1.Cc1cc(CN)ccc1F. The highest BCUT2D eigenvalue weighted by molar-refractivity contribution is 5.98. The molecule has 216 valence electrons. The van der Waals surface area contributed by atoms with E-state index < -0.39 is 41.0 Å².